The molecule has 118 valence electrons. The Morgan fingerprint density at radius 3 is 2.55 bits per heavy atom. The second-order valence-electron chi connectivity index (χ2n) is 4.65. The Labute approximate surface area is 130 Å². The Kier molecular flexibility index (Phi) is 5.83. The van der Waals surface area contributed by atoms with Crippen molar-refractivity contribution in [2.45, 2.75) is 12.8 Å². The van der Waals surface area contributed by atoms with Gasteiger partial charge in [-0.2, -0.15) is 0 Å². The molecule has 1 heterocycles. The summed E-state index contributed by atoms with van der Waals surface area (Å²) in [5, 5.41) is 4.86. The number of benzene rings is 1. The van der Waals surface area contributed by atoms with Gasteiger partial charge in [-0.25, -0.2) is 13.2 Å². The van der Waals surface area contributed by atoms with Crippen LogP contribution in [0.15, 0.2) is 34.6 Å². The third-order valence-corrected chi connectivity index (χ3v) is 3.92. The predicted molar refractivity (Wildman–Crippen MR) is 82.5 cm³/mol. The number of thiophene rings is 1. The minimum Gasteiger partial charge on any atom is -0.370 e. The quantitative estimate of drug-likeness (QED) is 0.487. The molecule has 0 aliphatic heterocycles. The number of guanidine groups is 1. The maximum Gasteiger partial charge on any atom is 0.194 e. The van der Waals surface area contributed by atoms with Crippen molar-refractivity contribution < 1.29 is 13.2 Å². The van der Waals surface area contributed by atoms with E-state index in [0.29, 0.717) is 25.1 Å². The Morgan fingerprint density at radius 2 is 1.91 bits per heavy atom. The van der Waals surface area contributed by atoms with Crippen LogP contribution in [0.3, 0.4) is 0 Å². The highest BCUT2D eigenvalue weighted by Gasteiger charge is 2.10. The van der Waals surface area contributed by atoms with Gasteiger partial charge in [-0.3, -0.25) is 4.99 Å². The van der Waals surface area contributed by atoms with E-state index in [-0.39, 0.29) is 5.96 Å². The zero-order chi connectivity index (χ0) is 15.9. The molecule has 7 heteroatoms. The summed E-state index contributed by atoms with van der Waals surface area (Å²) >= 11 is 1.66. The fourth-order valence-electron chi connectivity index (χ4n) is 1.88. The first-order chi connectivity index (χ1) is 10.6. The van der Waals surface area contributed by atoms with Gasteiger partial charge in [-0.05, 0) is 35.6 Å². The van der Waals surface area contributed by atoms with Crippen molar-refractivity contribution in [1.29, 1.82) is 0 Å². The summed E-state index contributed by atoms with van der Waals surface area (Å²) in [6.07, 6.45) is 1.13. The number of hydrogen-bond acceptors (Lipinski definition) is 2. The molecule has 0 aliphatic carbocycles. The van der Waals surface area contributed by atoms with E-state index in [1.807, 2.05) is 17.5 Å². The van der Waals surface area contributed by atoms with Crippen LogP contribution in [-0.4, -0.2) is 19.0 Å². The maximum atomic E-state index is 13.0. The molecule has 0 saturated carbocycles. The molecule has 0 saturated heterocycles. The number of nitrogens with one attached hydrogen (secondary N) is 1. The van der Waals surface area contributed by atoms with Gasteiger partial charge < -0.3 is 11.1 Å². The van der Waals surface area contributed by atoms with Gasteiger partial charge >= 0.3 is 0 Å². The van der Waals surface area contributed by atoms with Gasteiger partial charge in [-0.15, -0.1) is 11.3 Å². The smallest absolute Gasteiger partial charge is 0.194 e. The number of rotatable bonds is 6. The lowest BCUT2D eigenvalue weighted by molar-refractivity contribution is 0.445. The van der Waals surface area contributed by atoms with Crippen molar-refractivity contribution in [2.75, 3.05) is 13.1 Å². The van der Waals surface area contributed by atoms with E-state index >= 15 is 0 Å². The van der Waals surface area contributed by atoms with Gasteiger partial charge in [0.05, 0.1) is 0 Å². The molecule has 2 rings (SSSR count). The molecule has 3 nitrogen and oxygen atoms in total. The number of aliphatic imine (C=N–C) groups is 1. The highest BCUT2D eigenvalue weighted by Crippen LogP contribution is 2.13. The van der Waals surface area contributed by atoms with Gasteiger partial charge in [0, 0.05) is 24.4 Å². The fourth-order valence-corrected chi connectivity index (χ4v) is 2.58. The first-order valence-corrected chi connectivity index (χ1v) is 7.64. The summed E-state index contributed by atoms with van der Waals surface area (Å²) in [4.78, 5) is 5.39. The summed E-state index contributed by atoms with van der Waals surface area (Å²) in [6, 6.07) is 5.96. The molecule has 0 bridgehead atoms. The van der Waals surface area contributed by atoms with E-state index in [1.165, 1.54) is 4.88 Å². The van der Waals surface area contributed by atoms with Crippen LogP contribution >= 0.6 is 11.3 Å². The van der Waals surface area contributed by atoms with Gasteiger partial charge in [0.1, 0.15) is 0 Å². The van der Waals surface area contributed by atoms with Gasteiger partial charge in [-0.1, -0.05) is 6.07 Å². The molecule has 0 amide bonds. The number of hydrogen-bond donors (Lipinski definition) is 2. The van der Waals surface area contributed by atoms with E-state index in [0.717, 1.165) is 18.6 Å². The highest BCUT2D eigenvalue weighted by atomic mass is 32.1. The molecule has 1 aromatic carbocycles. The number of nitrogens with two attached hydrogens (primary N) is 1. The lowest BCUT2D eigenvalue weighted by atomic mass is 10.1. The molecule has 0 atom stereocenters. The number of nitrogens with zero attached hydrogens (tertiary/aromatic N) is 1. The summed E-state index contributed by atoms with van der Waals surface area (Å²) in [5.74, 6) is -3.55. The first-order valence-electron chi connectivity index (χ1n) is 6.76. The van der Waals surface area contributed by atoms with Crippen molar-refractivity contribution in [3.8, 4) is 0 Å². The second kappa shape index (κ2) is 7.84. The van der Waals surface area contributed by atoms with Crippen molar-refractivity contribution in [2.24, 2.45) is 10.7 Å². The molecular formula is C15H16F3N3S. The molecular weight excluding hydrogens is 311 g/mol. The van der Waals surface area contributed by atoms with Crippen LogP contribution in [0.5, 0.6) is 0 Å². The maximum absolute atomic E-state index is 13.0. The van der Waals surface area contributed by atoms with E-state index in [1.54, 1.807) is 11.3 Å². The molecule has 0 spiro atoms. The topological polar surface area (TPSA) is 50.4 Å². The molecule has 2 aromatic rings. The minimum atomic E-state index is -1.45. The van der Waals surface area contributed by atoms with Crippen molar-refractivity contribution >= 4 is 17.3 Å². The van der Waals surface area contributed by atoms with Crippen molar-refractivity contribution in [1.82, 2.24) is 5.32 Å². The van der Waals surface area contributed by atoms with Gasteiger partial charge in [0.15, 0.2) is 23.4 Å². The van der Waals surface area contributed by atoms with E-state index in [9.17, 15) is 13.2 Å². The molecule has 3 N–H and O–H groups in total. The van der Waals surface area contributed by atoms with Crippen LogP contribution in [0.25, 0.3) is 0 Å². The number of halogens is 3. The summed E-state index contributed by atoms with van der Waals surface area (Å²) < 4.78 is 38.9. The van der Waals surface area contributed by atoms with E-state index < -0.39 is 17.5 Å². The Morgan fingerprint density at radius 1 is 1.18 bits per heavy atom. The average Bonchev–Trinajstić information content (AvgIpc) is 2.98. The molecule has 0 fully saturated rings. The summed E-state index contributed by atoms with van der Waals surface area (Å²) in [6.45, 7) is 0.929. The average molecular weight is 327 g/mol. The fraction of sp³-hybridized carbons (Fsp3) is 0.267. The summed E-state index contributed by atoms with van der Waals surface area (Å²) in [7, 11) is 0. The van der Waals surface area contributed by atoms with Crippen LogP contribution in [0.1, 0.15) is 10.4 Å². The standard InChI is InChI=1S/C15H16F3N3S/c16-12-8-10(9-13(17)14(12)18)3-5-20-15(19)21-6-4-11-2-1-7-22-11/h1-2,7-9H,3-6H2,(H3,19,20,21). The third-order valence-electron chi connectivity index (χ3n) is 2.98. The van der Waals surface area contributed by atoms with Gasteiger partial charge in [0.25, 0.3) is 0 Å². The zero-order valence-corrected chi connectivity index (χ0v) is 12.6. The van der Waals surface area contributed by atoms with E-state index in [4.69, 9.17) is 5.73 Å². The van der Waals surface area contributed by atoms with E-state index in [2.05, 4.69) is 10.3 Å². The first kappa shape index (κ1) is 16.4. The Hall–Kier alpha value is -2.02. The van der Waals surface area contributed by atoms with Crippen molar-refractivity contribution in [3.05, 3.63) is 57.5 Å². The molecule has 0 radical (unpaired) electrons. The van der Waals surface area contributed by atoms with Crippen LogP contribution in [0.4, 0.5) is 13.2 Å². The molecule has 0 aliphatic rings. The van der Waals surface area contributed by atoms with Crippen molar-refractivity contribution in [3.63, 3.8) is 0 Å². The zero-order valence-electron chi connectivity index (χ0n) is 11.8. The normalized spacial score (nSPS) is 11.7. The SMILES string of the molecule is NC(=NCCc1cccs1)NCCc1cc(F)c(F)c(F)c1. The summed E-state index contributed by atoms with van der Waals surface area (Å²) in [5.41, 5.74) is 6.05. The lowest BCUT2D eigenvalue weighted by Crippen LogP contribution is -2.33. The molecule has 22 heavy (non-hydrogen) atoms. The molecule has 0 unspecified atom stereocenters. The van der Waals surface area contributed by atoms with Crippen LogP contribution in [-0.2, 0) is 12.8 Å². The largest absolute Gasteiger partial charge is 0.370 e. The Balaban J connectivity index is 1.75. The highest BCUT2D eigenvalue weighted by molar-refractivity contribution is 7.09. The van der Waals surface area contributed by atoms with Crippen LogP contribution in [0.2, 0.25) is 0 Å². The van der Waals surface area contributed by atoms with Crippen LogP contribution in [0, 0.1) is 17.5 Å². The lowest BCUT2D eigenvalue weighted by Gasteiger charge is -2.06. The minimum absolute atomic E-state index is 0.277. The molecule has 1 aromatic heterocycles. The predicted octanol–water partition coefficient (Wildman–Crippen LogP) is 2.85. The van der Waals surface area contributed by atoms with Crippen LogP contribution < -0.4 is 11.1 Å². The Bertz CT molecular complexity index is 618. The second-order valence-corrected chi connectivity index (χ2v) is 5.68. The van der Waals surface area contributed by atoms with Gasteiger partial charge in [0.2, 0.25) is 0 Å². The monoisotopic (exact) mass is 327 g/mol. The third kappa shape index (κ3) is 4.77.